The molecule has 0 aliphatic carbocycles. The van der Waals surface area contributed by atoms with Gasteiger partial charge in [-0.25, -0.2) is 9.97 Å². The Bertz CT molecular complexity index is 757. The van der Waals surface area contributed by atoms with Gasteiger partial charge in [0.2, 0.25) is 0 Å². The third-order valence-corrected chi connectivity index (χ3v) is 6.21. The molecule has 2 fully saturated rings. The van der Waals surface area contributed by atoms with Gasteiger partial charge < -0.3 is 20.3 Å². The molecule has 1 aromatic heterocycles. The average molecular weight is 396 g/mol. The van der Waals surface area contributed by atoms with E-state index in [0.29, 0.717) is 0 Å². The second-order valence-corrected chi connectivity index (χ2v) is 8.33. The largest absolute Gasteiger partial charge is 0.381 e. The third kappa shape index (κ3) is 5.25. The summed E-state index contributed by atoms with van der Waals surface area (Å²) in [5, 5.41) is 7.50. The average Bonchev–Trinajstić information content (AvgIpc) is 2.80. The second kappa shape index (κ2) is 9.55. The topological polar surface area (TPSA) is 62.3 Å². The molecule has 6 heteroatoms. The van der Waals surface area contributed by atoms with Crippen LogP contribution in [0.25, 0.3) is 0 Å². The van der Waals surface area contributed by atoms with Crippen molar-refractivity contribution in [1.29, 1.82) is 0 Å². The van der Waals surface area contributed by atoms with Crippen molar-refractivity contribution in [3.8, 4) is 0 Å². The number of nitrogens with one attached hydrogen (secondary N) is 2. The van der Waals surface area contributed by atoms with E-state index < -0.39 is 0 Å². The summed E-state index contributed by atoms with van der Waals surface area (Å²) in [5.41, 5.74) is 1.30. The molecule has 1 atom stereocenters. The van der Waals surface area contributed by atoms with Gasteiger partial charge in [0.15, 0.2) is 0 Å². The van der Waals surface area contributed by atoms with Crippen LogP contribution >= 0.6 is 0 Å². The predicted octanol–water partition coefficient (Wildman–Crippen LogP) is 3.78. The number of piperidine rings is 1. The minimum Gasteiger partial charge on any atom is -0.381 e. The lowest BCUT2D eigenvalue weighted by Crippen LogP contribution is -2.54. The van der Waals surface area contributed by atoms with Gasteiger partial charge in [0.1, 0.15) is 18.0 Å². The molecule has 2 aromatic rings. The molecule has 6 nitrogen and oxygen atoms in total. The molecule has 0 bridgehead atoms. The van der Waals surface area contributed by atoms with Gasteiger partial charge >= 0.3 is 0 Å². The van der Waals surface area contributed by atoms with Crippen molar-refractivity contribution in [3.05, 3.63) is 48.3 Å². The first-order valence-corrected chi connectivity index (χ1v) is 11.0. The summed E-state index contributed by atoms with van der Waals surface area (Å²) in [5.74, 6) is 1.94. The molecule has 1 unspecified atom stereocenters. The van der Waals surface area contributed by atoms with Crippen LogP contribution in [0.15, 0.2) is 42.7 Å². The van der Waals surface area contributed by atoms with Gasteiger partial charge in [-0.3, -0.25) is 0 Å². The Labute approximate surface area is 174 Å². The van der Waals surface area contributed by atoms with E-state index in [1.165, 1.54) is 24.8 Å². The van der Waals surface area contributed by atoms with Crippen molar-refractivity contribution >= 4 is 11.6 Å². The highest BCUT2D eigenvalue weighted by molar-refractivity contribution is 5.48. The molecule has 2 saturated heterocycles. The molecule has 0 spiro atoms. The van der Waals surface area contributed by atoms with Crippen molar-refractivity contribution in [2.75, 3.05) is 43.1 Å². The lowest BCUT2D eigenvalue weighted by molar-refractivity contribution is 0.0389. The van der Waals surface area contributed by atoms with Crippen molar-refractivity contribution in [3.63, 3.8) is 0 Å². The normalized spacial score (nSPS) is 20.2. The summed E-state index contributed by atoms with van der Waals surface area (Å²) in [6.45, 7) is 6.83. The Morgan fingerprint density at radius 2 is 1.83 bits per heavy atom. The van der Waals surface area contributed by atoms with Crippen LogP contribution in [-0.4, -0.2) is 48.4 Å². The highest BCUT2D eigenvalue weighted by atomic mass is 16.5. The molecule has 0 saturated carbocycles. The number of benzene rings is 1. The van der Waals surface area contributed by atoms with E-state index in [1.54, 1.807) is 6.33 Å². The van der Waals surface area contributed by atoms with Crippen LogP contribution < -0.4 is 15.5 Å². The number of rotatable bonds is 7. The molecule has 0 amide bonds. The first-order chi connectivity index (χ1) is 14.2. The van der Waals surface area contributed by atoms with Gasteiger partial charge in [0, 0.05) is 50.5 Å². The number of hydrogen-bond donors (Lipinski definition) is 2. The molecule has 156 valence electrons. The number of anilines is 2. The van der Waals surface area contributed by atoms with E-state index in [2.05, 4.69) is 68.8 Å². The Kier molecular flexibility index (Phi) is 6.62. The molecule has 1 aromatic carbocycles. The van der Waals surface area contributed by atoms with Gasteiger partial charge in [-0.2, -0.15) is 0 Å². The van der Waals surface area contributed by atoms with Gasteiger partial charge in [-0.1, -0.05) is 30.3 Å². The SMILES string of the molecule is CC(NC1(CNc2cc(N3CCCCC3)ncn2)CCOCC1)c1ccccc1. The van der Waals surface area contributed by atoms with E-state index in [9.17, 15) is 0 Å². The molecule has 0 radical (unpaired) electrons. The first-order valence-electron chi connectivity index (χ1n) is 11.0. The highest BCUT2D eigenvalue weighted by Gasteiger charge is 2.34. The van der Waals surface area contributed by atoms with Gasteiger partial charge in [-0.05, 0) is 44.6 Å². The Balaban J connectivity index is 1.43. The van der Waals surface area contributed by atoms with Crippen LogP contribution in [0.3, 0.4) is 0 Å². The first kappa shape index (κ1) is 20.1. The van der Waals surface area contributed by atoms with Crippen molar-refractivity contribution in [2.24, 2.45) is 0 Å². The minimum atomic E-state index is -0.0102. The van der Waals surface area contributed by atoms with Crippen LogP contribution in [0.2, 0.25) is 0 Å². The van der Waals surface area contributed by atoms with Crippen LogP contribution in [0, 0.1) is 0 Å². The molecule has 4 rings (SSSR count). The molecular formula is C23H33N5O. The maximum absolute atomic E-state index is 5.66. The molecule has 2 aliphatic rings. The molecule has 2 N–H and O–H groups in total. The number of aromatic nitrogens is 2. The van der Waals surface area contributed by atoms with Gasteiger partial charge in [-0.15, -0.1) is 0 Å². The quantitative estimate of drug-likeness (QED) is 0.744. The summed E-state index contributed by atoms with van der Waals surface area (Å²) >= 11 is 0. The maximum atomic E-state index is 5.66. The summed E-state index contributed by atoms with van der Waals surface area (Å²) in [6, 6.07) is 13.0. The van der Waals surface area contributed by atoms with Crippen LogP contribution in [-0.2, 0) is 4.74 Å². The Hall–Kier alpha value is -2.18. The van der Waals surface area contributed by atoms with E-state index in [4.69, 9.17) is 4.74 Å². The molecule has 2 aliphatic heterocycles. The summed E-state index contributed by atoms with van der Waals surface area (Å²) in [6.07, 6.45) is 7.47. The van der Waals surface area contributed by atoms with Crippen molar-refractivity contribution < 1.29 is 4.74 Å². The number of hydrogen-bond acceptors (Lipinski definition) is 6. The van der Waals surface area contributed by atoms with Gasteiger partial charge in [0.05, 0.1) is 0 Å². The highest BCUT2D eigenvalue weighted by Crippen LogP contribution is 2.26. The summed E-state index contributed by atoms with van der Waals surface area (Å²) in [4.78, 5) is 11.4. The third-order valence-electron chi connectivity index (χ3n) is 6.21. The van der Waals surface area contributed by atoms with Crippen molar-refractivity contribution in [1.82, 2.24) is 15.3 Å². The van der Waals surface area contributed by atoms with Gasteiger partial charge in [0.25, 0.3) is 0 Å². The molecule has 29 heavy (non-hydrogen) atoms. The number of ether oxygens (including phenoxy) is 1. The zero-order valence-electron chi connectivity index (χ0n) is 17.4. The maximum Gasteiger partial charge on any atom is 0.134 e. The fourth-order valence-electron chi connectivity index (χ4n) is 4.42. The fourth-order valence-corrected chi connectivity index (χ4v) is 4.42. The van der Waals surface area contributed by atoms with Crippen LogP contribution in [0.4, 0.5) is 11.6 Å². The van der Waals surface area contributed by atoms with E-state index in [1.807, 2.05) is 0 Å². The Morgan fingerprint density at radius 3 is 2.59 bits per heavy atom. The second-order valence-electron chi connectivity index (χ2n) is 8.33. The molecule has 3 heterocycles. The zero-order valence-corrected chi connectivity index (χ0v) is 17.4. The lowest BCUT2D eigenvalue weighted by Gasteiger charge is -2.40. The minimum absolute atomic E-state index is 0.0102. The monoisotopic (exact) mass is 395 g/mol. The fraction of sp³-hybridized carbons (Fsp3) is 0.565. The van der Waals surface area contributed by atoms with Crippen LogP contribution in [0.5, 0.6) is 0 Å². The van der Waals surface area contributed by atoms with E-state index >= 15 is 0 Å². The van der Waals surface area contributed by atoms with E-state index in [-0.39, 0.29) is 11.6 Å². The summed E-state index contributed by atoms with van der Waals surface area (Å²) < 4.78 is 5.66. The molecular weight excluding hydrogens is 362 g/mol. The number of nitrogens with zero attached hydrogens (tertiary/aromatic N) is 3. The smallest absolute Gasteiger partial charge is 0.134 e. The lowest BCUT2D eigenvalue weighted by atomic mass is 9.88. The van der Waals surface area contributed by atoms with E-state index in [0.717, 1.165) is 57.3 Å². The van der Waals surface area contributed by atoms with Crippen LogP contribution in [0.1, 0.15) is 50.6 Å². The zero-order chi connectivity index (χ0) is 19.9. The predicted molar refractivity (Wildman–Crippen MR) is 117 cm³/mol. The summed E-state index contributed by atoms with van der Waals surface area (Å²) in [7, 11) is 0. The standard InChI is InChI=1S/C23H33N5O/c1-19(20-8-4-2-5-9-20)27-23(10-14-29-15-11-23)17-24-21-16-22(26-18-25-21)28-12-6-3-7-13-28/h2,4-5,8-9,16,18-19,27H,3,6-7,10-15,17H2,1H3,(H,24,25,26). The van der Waals surface area contributed by atoms with Crippen molar-refractivity contribution in [2.45, 2.75) is 50.6 Å². The Morgan fingerprint density at radius 1 is 1.07 bits per heavy atom.